The number of carbonyl (C=O) groups excluding carboxylic acids is 1. The van der Waals surface area contributed by atoms with Gasteiger partial charge in [-0.15, -0.1) is 5.10 Å². The first-order chi connectivity index (χ1) is 12.7. The minimum atomic E-state index is 0.00829. The van der Waals surface area contributed by atoms with Crippen LogP contribution in [-0.2, 0) is 6.54 Å². The van der Waals surface area contributed by atoms with E-state index in [2.05, 4.69) is 27.3 Å². The van der Waals surface area contributed by atoms with Crippen LogP contribution in [0.5, 0.6) is 5.75 Å². The van der Waals surface area contributed by atoms with Crippen LogP contribution in [0.4, 0.5) is 0 Å². The highest BCUT2D eigenvalue weighted by molar-refractivity contribution is 5.92. The molecule has 2 fully saturated rings. The lowest BCUT2D eigenvalue weighted by molar-refractivity contribution is 0.0565. The number of amides is 1. The number of nitrogens with zero attached hydrogens (tertiary/aromatic N) is 4. The van der Waals surface area contributed by atoms with Gasteiger partial charge in [0, 0.05) is 18.6 Å². The Bertz CT molecular complexity index is 758. The maximum Gasteiger partial charge on any atom is 0.276 e. The predicted octanol–water partition coefficient (Wildman–Crippen LogP) is 1.80. The van der Waals surface area contributed by atoms with Crippen molar-refractivity contribution in [3.63, 3.8) is 0 Å². The van der Waals surface area contributed by atoms with Crippen LogP contribution >= 0.6 is 0 Å². The number of aromatic nitrogens is 3. The molecular formula is C19H25N5O2. The summed E-state index contributed by atoms with van der Waals surface area (Å²) in [5.41, 5.74) is 7.31. The van der Waals surface area contributed by atoms with Crippen molar-refractivity contribution in [3.8, 4) is 5.75 Å². The van der Waals surface area contributed by atoms with Gasteiger partial charge >= 0.3 is 0 Å². The van der Waals surface area contributed by atoms with Crippen LogP contribution in [0.15, 0.2) is 30.5 Å². The van der Waals surface area contributed by atoms with Crippen molar-refractivity contribution in [2.24, 2.45) is 5.73 Å². The number of carbonyl (C=O) groups is 1. The van der Waals surface area contributed by atoms with E-state index in [1.165, 1.54) is 5.56 Å². The first-order valence-corrected chi connectivity index (χ1v) is 9.26. The monoisotopic (exact) mass is 355 g/mol. The molecule has 1 aromatic heterocycles. The zero-order valence-corrected chi connectivity index (χ0v) is 15.0. The summed E-state index contributed by atoms with van der Waals surface area (Å²) in [6.45, 7) is 1.06. The molecule has 2 bridgehead atoms. The Kier molecular flexibility index (Phi) is 4.63. The fraction of sp³-hybridized carbons (Fsp3) is 0.526. The molecule has 138 valence electrons. The Balaban J connectivity index is 1.48. The molecule has 0 aliphatic carbocycles. The molecule has 7 nitrogen and oxygen atoms in total. The van der Waals surface area contributed by atoms with Crippen molar-refractivity contribution in [2.75, 3.05) is 13.7 Å². The van der Waals surface area contributed by atoms with Crippen molar-refractivity contribution in [1.29, 1.82) is 0 Å². The standard InChI is InChI=1S/C19H25N5O2/c1-26-17-6-2-13(3-7-17)14-10-15-4-5-16(11-14)24(15)19(25)18-12-23(9-8-20)22-21-18/h2-3,6-7,12,14-16H,4-5,8-11,20H2,1H3/t14?,15-,16+. The normalized spacial score (nSPS) is 24.7. The average molecular weight is 355 g/mol. The lowest BCUT2D eigenvalue weighted by atomic mass is 9.85. The van der Waals surface area contributed by atoms with Gasteiger partial charge in [-0.05, 0) is 49.3 Å². The lowest BCUT2D eigenvalue weighted by Gasteiger charge is -2.38. The summed E-state index contributed by atoms with van der Waals surface area (Å²) in [6, 6.07) is 8.91. The van der Waals surface area contributed by atoms with Gasteiger partial charge < -0.3 is 15.4 Å². The summed E-state index contributed by atoms with van der Waals surface area (Å²) in [5.74, 6) is 1.38. The summed E-state index contributed by atoms with van der Waals surface area (Å²) >= 11 is 0. The van der Waals surface area contributed by atoms with E-state index >= 15 is 0 Å². The van der Waals surface area contributed by atoms with Crippen molar-refractivity contribution in [2.45, 2.75) is 50.2 Å². The van der Waals surface area contributed by atoms with Gasteiger partial charge in [-0.1, -0.05) is 17.3 Å². The van der Waals surface area contributed by atoms with Crippen LogP contribution < -0.4 is 10.5 Å². The largest absolute Gasteiger partial charge is 0.497 e. The minimum Gasteiger partial charge on any atom is -0.497 e. The van der Waals surface area contributed by atoms with E-state index in [-0.39, 0.29) is 18.0 Å². The molecule has 4 rings (SSSR count). The zero-order valence-electron chi connectivity index (χ0n) is 15.0. The summed E-state index contributed by atoms with van der Waals surface area (Å²) in [5, 5.41) is 8.05. The van der Waals surface area contributed by atoms with Gasteiger partial charge in [0.2, 0.25) is 0 Å². The van der Waals surface area contributed by atoms with Crippen LogP contribution in [-0.4, -0.2) is 51.5 Å². The molecule has 2 aliphatic heterocycles. The third-order valence-corrected chi connectivity index (χ3v) is 5.67. The number of piperidine rings is 1. The number of benzene rings is 1. The average Bonchev–Trinajstić information content (AvgIpc) is 3.24. The molecule has 2 saturated heterocycles. The Morgan fingerprint density at radius 3 is 2.54 bits per heavy atom. The van der Waals surface area contributed by atoms with Crippen LogP contribution in [0.3, 0.4) is 0 Å². The van der Waals surface area contributed by atoms with Crippen LogP contribution in [0.1, 0.15) is 47.7 Å². The summed E-state index contributed by atoms with van der Waals surface area (Å²) < 4.78 is 6.89. The van der Waals surface area contributed by atoms with E-state index in [9.17, 15) is 4.79 Å². The fourth-order valence-electron chi connectivity index (χ4n) is 4.43. The van der Waals surface area contributed by atoms with Crippen LogP contribution in [0, 0.1) is 0 Å². The molecule has 2 N–H and O–H groups in total. The van der Waals surface area contributed by atoms with E-state index < -0.39 is 0 Å². The highest BCUT2D eigenvalue weighted by Gasteiger charge is 2.44. The maximum absolute atomic E-state index is 13.0. The van der Waals surface area contributed by atoms with E-state index in [0.717, 1.165) is 31.4 Å². The molecule has 2 aromatic rings. The molecule has 1 unspecified atom stereocenters. The Hall–Kier alpha value is -2.41. The number of nitrogens with two attached hydrogens (primary N) is 1. The zero-order chi connectivity index (χ0) is 18.1. The number of rotatable bonds is 5. The third-order valence-electron chi connectivity index (χ3n) is 5.67. The molecule has 3 atom stereocenters. The maximum atomic E-state index is 13.0. The molecule has 1 amide bonds. The smallest absolute Gasteiger partial charge is 0.276 e. The minimum absolute atomic E-state index is 0.00829. The second-order valence-corrected chi connectivity index (χ2v) is 7.19. The first-order valence-electron chi connectivity index (χ1n) is 9.26. The van der Waals surface area contributed by atoms with Gasteiger partial charge in [-0.25, -0.2) is 0 Å². The fourth-order valence-corrected chi connectivity index (χ4v) is 4.43. The second kappa shape index (κ2) is 7.07. The number of methoxy groups -OCH3 is 1. The van der Waals surface area contributed by atoms with Crippen molar-refractivity contribution >= 4 is 5.91 Å². The molecule has 0 radical (unpaired) electrons. The van der Waals surface area contributed by atoms with E-state index in [1.807, 2.05) is 12.1 Å². The second-order valence-electron chi connectivity index (χ2n) is 7.19. The molecule has 3 heterocycles. The van der Waals surface area contributed by atoms with Crippen molar-refractivity contribution in [3.05, 3.63) is 41.7 Å². The quantitative estimate of drug-likeness (QED) is 0.884. The Labute approximate surface area is 153 Å². The highest BCUT2D eigenvalue weighted by Crippen LogP contribution is 2.43. The third kappa shape index (κ3) is 3.07. The predicted molar refractivity (Wildman–Crippen MR) is 97.0 cm³/mol. The van der Waals surface area contributed by atoms with Gasteiger partial charge in [-0.3, -0.25) is 9.48 Å². The first kappa shape index (κ1) is 17.0. The van der Waals surface area contributed by atoms with Gasteiger partial charge in [0.15, 0.2) is 5.69 Å². The van der Waals surface area contributed by atoms with Crippen molar-refractivity contribution in [1.82, 2.24) is 19.9 Å². The van der Waals surface area contributed by atoms with Gasteiger partial charge in [0.25, 0.3) is 5.91 Å². The van der Waals surface area contributed by atoms with Crippen molar-refractivity contribution < 1.29 is 9.53 Å². The number of fused-ring (bicyclic) bond motifs is 2. The Morgan fingerprint density at radius 1 is 1.23 bits per heavy atom. The molecule has 0 saturated carbocycles. The molecule has 26 heavy (non-hydrogen) atoms. The summed E-state index contributed by atoms with van der Waals surface area (Å²) in [4.78, 5) is 15.0. The lowest BCUT2D eigenvalue weighted by Crippen LogP contribution is -2.46. The van der Waals surface area contributed by atoms with E-state index in [1.54, 1.807) is 18.0 Å². The summed E-state index contributed by atoms with van der Waals surface area (Å²) in [6.07, 6.45) is 5.86. The molecule has 2 aliphatic rings. The number of ether oxygens (including phenoxy) is 1. The number of hydrogen-bond donors (Lipinski definition) is 1. The van der Waals surface area contributed by atoms with Crippen LogP contribution in [0.25, 0.3) is 0 Å². The molecular weight excluding hydrogens is 330 g/mol. The number of hydrogen-bond acceptors (Lipinski definition) is 5. The van der Waals surface area contributed by atoms with Gasteiger partial charge in [-0.2, -0.15) is 0 Å². The van der Waals surface area contributed by atoms with Gasteiger partial charge in [0.05, 0.1) is 19.9 Å². The summed E-state index contributed by atoms with van der Waals surface area (Å²) in [7, 11) is 1.68. The molecule has 1 aromatic carbocycles. The molecule has 7 heteroatoms. The van der Waals surface area contributed by atoms with E-state index in [4.69, 9.17) is 10.5 Å². The Morgan fingerprint density at radius 2 is 1.92 bits per heavy atom. The molecule has 0 spiro atoms. The van der Waals surface area contributed by atoms with Gasteiger partial charge in [0.1, 0.15) is 5.75 Å². The highest BCUT2D eigenvalue weighted by atomic mass is 16.5. The SMILES string of the molecule is COc1ccc(C2C[C@H]3CC[C@@H](C2)N3C(=O)c2cn(CCN)nn2)cc1. The van der Waals surface area contributed by atoms with E-state index in [0.29, 0.717) is 24.7 Å². The topological polar surface area (TPSA) is 86.3 Å². The van der Waals surface area contributed by atoms with Crippen LogP contribution in [0.2, 0.25) is 0 Å².